The molecule has 1 fully saturated rings. The summed E-state index contributed by atoms with van der Waals surface area (Å²) < 4.78 is 45.0. The lowest BCUT2D eigenvalue weighted by atomic mass is 9.68. The van der Waals surface area contributed by atoms with Gasteiger partial charge >= 0.3 is 11.9 Å². The molecule has 1 aromatic carbocycles. The van der Waals surface area contributed by atoms with E-state index in [0.29, 0.717) is 48.3 Å². The summed E-state index contributed by atoms with van der Waals surface area (Å²) in [5.74, 6) is -2.40. The van der Waals surface area contributed by atoms with E-state index in [4.69, 9.17) is 25.5 Å². The molecule has 0 unspecified atom stereocenters. The lowest BCUT2D eigenvalue weighted by molar-refractivity contribution is -0.146. The largest absolute Gasteiger partial charge is 0.466 e. The van der Waals surface area contributed by atoms with Crippen LogP contribution in [-0.2, 0) is 30.9 Å². The van der Waals surface area contributed by atoms with Crippen LogP contribution in [0.15, 0.2) is 51.2 Å². The number of hydrogen-bond donors (Lipinski definition) is 1. The Balaban J connectivity index is 1.32. The van der Waals surface area contributed by atoms with Gasteiger partial charge in [-0.2, -0.15) is 0 Å². The second-order valence-electron chi connectivity index (χ2n) is 9.35. The summed E-state index contributed by atoms with van der Waals surface area (Å²) >= 11 is 7.73. The fourth-order valence-corrected chi connectivity index (χ4v) is 5.84. The van der Waals surface area contributed by atoms with E-state index < -0.39 is 35.1 Å². The number of rotatable bonds is 8. The molecular weight excluding hydrogens is 566 g/mol. The van der Waals surface area contributed by atoms with Crippen molar-refractivity contribution < 1.29 is 32.3 Å². The zero-order chi connectivity index (χ0) is 28.3. The van der Waals surface area contributed by atoms with Gasteiger partial charge in [0.05, 0.1) is 41.3 Å². The molecule has 13 heteroatoms. The molecule has 3 aromatic rings. The standard InChI is InChI=1S/C27H25ClF2N4O5S/c1-2-37-20(35)11-16-14-38-26(34-16)27(18-3-4-19(29)22(30)21(18)28)7-5-17(6-8-27)39-25(36)15-12-32-23(33-13-15)24-31-9-10-40-24/h3-4,9-10,12,14,17H,2,5-8,11,13H2,1H3,(H,32,33). The molecule has 210 valence electrons. The minimum Gasteiger partial charge on any atom is -0.466 e. The number of hydrogen-bond acceptors (Lipinski definition) is 10. The number of esters is 2. The number of carbonyl (C=O) groups excluding carboxylic acids is 2. The van der Waals surface area contributed by atoms with Gasteiger partial charge in [0.2, 0.25) is 5.89 Å². The van der Waals surface area contributed by atoms with Crippen molar-refractivity contribution in [3.05, 3.63) is 80.6 Å². The maximum atomic E-state index is 14.6. The number of carbonyl (C=O) groups is 2. The van der Waals surface area contributed by atoms with Gasteiger partial charge < -0.3 is 19.2 Å². The Labute approximate surface area is 237 Å². The molecule has 0 bridgehead atoms. The SMILES string of the molecule is CCOC(=O)Cc1coc(C2(c3ccc(F)c(F)c3Cl)CCC(OC(=O)C3=CNC(c4nccs4)=NC3)CC2)n1. The van der Waals surface area contributed by atoms with Crippen molar-refractivity contribution >= 4 is 40.7 Å². The fraction of sp³-hybridized carbons (Fsp3) is 0.370. The molecule has 0 atom stereocenters. The van der Waals surface area contributed by atoms with E-state index in [1.807, 2.05) is 5.38 Å². The Morgan fingerprint density at radius 1 is 1.27 bits per heavy atom. The van der Waals surface area contributed by atoms with Crippen molar-refractivity contribution in [3.63, 3.8) is 0 Å². The third kappa shape index (κ3) is 5.64. The molecular formula is C27H25ClF2N4O5S. The Morgan fingerprint density at radius 3 is 2.75 bits per heavy atom. The van der Waals surface area contributed by atoms with Crippen LogP contribution >= 0.6 is 22.9 Å². The van der Waals surface area contributed by atoms with Crippen molar-refractivity contribution in [2.45, 2.75) is 50.5 Å². The normalized spacial score (nSPS) is 20.8. The van der Waals surface area contributed by atoms with Gasteiger partial charge in [-0.1, -0.05) is 17.7 Å². The first-order chi connectivity index (χ1) is 19.3. The van der Waals surface area contributed by atoms with Crippen molar-refractivity contribution in [1.82, 2.24) is 15.3 Å². The average molecular weight is 591 g/mol. The first-order valence-electron chi connectivity index (χ1n) is 12.7. The highest BCUT2D eigenvalue weighted by Crippen LogP contribution is 2.48. The van der Waals surface area contributed by atoms with E-state index in [9.17, 15) is 18.4 Å². The number of halogens is 3. The van der Waals surface area contributed by atoms with Crippen molar-refractivity contribution in [2.24, 2.45) is 4.99 Å². The van der Waals surface area contributed by atoms with Gasteiger partial charge in [-0.3, -0.25) is 9.79 Å². The molecule has 1 N–H and O–H groups in total. The second kappa shape index (κ2) is 11.8. The zero-order valence-corrected chi connectivity index (χ0v) is 23.0. The topological polar surface area (TPSA) is 116 Å². The molecule has 0 spiro atoms. The molecule has 0 radical (unpaired) electrons. The summed E-state index contributed by atoms with van der Waals surface area (Å²) in [6.45, 7) is 2.08. The molecule has 40 heavy (non-hydrogen) atoms. The van der Waals surface area contributed by atoms with Gasteiger partial charge in [-0.25, -0.2) is 23.5 Å². The minimum atomic E-state index is -1.17. The minimum absolute atomic E-state index is 0.102. The zero-order valence-electron chi connectivity index (χ0n) is 21.4. The highest BCUT2D eigenvalue weighted by molar-refractivity contribution is 7.11. The van der Waals surface area contributed by atoms with Gasteiger partial charge in [0.15, 0.2) is 22.5 Å². The van der Waals surface area contributed by atoms with Crippen LogP contribution in [0.3, 0.4) is 0 Å². The number of thiazole rings is 1. The predicted octanol–water partition coefficient (Wildman–Crippen LogP) is 4.87. The van der Waals surface area contributed by atoms with E-state index in [1.165, 1.54) is 23.7 Å². The van der Waals surface area contributed by atoms with E-state index >= 15 is 0 Å². The number of amidine groups is 1. The average Bonchev–Trinajstić information content (AvgIpc) is 3.66. The lowest BCUT2D eigenvalue weighted by Gasteiger charge is -2.38. The summed E-state index contributed by atoms with van der Waals surface area (Å²) in [7, 11) is 0. The fourth-order valence-electron chi connectivity index (χ4n) is 4.90. The van der Waals surface area contributed by atoms with Gasteiger partial charge in [-0.05, 0) is 44.2 Å². The third-order valence-electron chi connectivity index (χ3n) is 6.89. The highest BCUT2D eigenvalue weighted by atomic mass is 35.5. The van der Waals surface area contributed by atoms with Crippen molar-refractivity contribution in [3.8, 4) is 0 Å². The monoisotopic (exact) mass is 590 g/mol. The Morgan fingerprint density at radius 2 is 2.08 bits per heavy atom. The van der Waals surface area contributed by atoms with Gasteiger partial charge in [0.25, 0.3) is 0 Å². The van der Waals surface area contributed by atoms with Crippen LogP contribution in [0, 0.1) is 11.6 Å². The molecule has 5 rings (SSSR count). The molecule has 9 nitrogen and oxygen atoms in total. The van der Waals surface area contributed by atoms with E-state index in [0.717, 1.165) is 11.1 Å². The van der Waals surface area contributed by atoms with Crippen LogP contribution in [0.25, 0.3) is 0 Å². The summed E-state index contributed by atoms with van der Waals surface area (Å²) in [5.41, 5.74) is -0.00258. The van der Waals surface area contributed by atoms with Crippen molar-refractivity contribution in [2.75, 3.05) is 13.2 Å². The molecule has 3 heterocycles. The van der Waals surface area contributed by atoms with E-state index in [2.05, 4.69) is 20.3 Å². The van der Waals surface area contributed by atoms with E-state index in [1.54, 1.807) is 19.3 Å². The third-order valence-corrected chi connectivity index (χ3v) is 8.04. The molecule has 1 aliphatic carbocycles. The Kier molecular flexibility index (Phi) is 8.27. The first kappa shape index (κ1) is 27.9. The van der Waals surface area contributed by atoms with Crippen LogP contribution in [0.4, 0.5) is 8.78 Å². The maximum Gasteiger partial charge on any atom is 0.337 e. The number of benzene rings is 1. The van der Waals surface area contributed by atoms with Crippen molar-refractivity contribution in [1.29, 1.82) is 0 Å². The molecule has 0 saturated heterocycles. The summed E-state index contributed by atoms with van der Waals surface area (Å²) in [6, 6.07) is 2.43. The van der Waals surface area contributed by atoms with Gasteiger partial charge in [0, 0.05) is 17.8 Å². The van der Waals surface area contributed by atoms with Crippen LogP contribution < -0.4 is 5.32 Å². The highest BCUT2D eigenvalue weighted by Gasteiger charge is 2.45. The smallest absolute Gasteiger partial charge is 0.337 e. The Bertz CT molecular complexity index is 1470. The van der Waals surface area contributed by atoms with Crippen LogP contribution in [0.1, 0.15) is 54.8 Å². The number of aliphatic imine (C=N–C) groups is 1. The summed E-state index contributed by atoms with van der Waals surface area (Å²) in [6.07, 6.45) is 5.44. The number of aromatic nitrogens is 2. The molecule has 0 amide bonds. The number of ether oxygens (including phenoxy) is 2. The number of nitrogens with one attached hydrogen (secondary N) is 1. The van der Waals surface area contributed by atoms with E-state index in [-0.39, 0.29) is 30.5 Å². The second-order valence-corrected chi connectivity index (χ2v) is 10.6. The lowest BCUT2D eigenvalue weighted by Crippen LogP contribution is -2.38. The quantitative estimate of drug-likeness (QED) is 0.292. The maximum absolute atomic E-state index is 14.6. The predicted molar refractivity (Wildman–Crippen MR) is 142 cm³/mol. The molecule has 1 aliphatic heterocycles. The van der Waals surface area contributed by atoms with Crippen LogP contribution in [0.5, 0.6) is 0 Å². The first-order valence-corrected chi connectivity index (χ1v) is 13.9. The summed E-state index contributed by atoms with van der Waals surface area (Å²) in [4.78, 5) is 37.9. The van der Waals surface area contributed by atoms with Gasteiger partial charge in [-0.15, -0.1) is 11.3 Å². The van der Waals surface area contributed by atoms with Gasteiger partial charge in [0.1, 0.15) is 12.4 Å². The number of nitrogens with zero attached hydrogens (tertiary/aromatic N) is 3. The Hall–Kier alpha value is -3.64. The molecule has 2 aromatic heterocycles. The van der Waals surface area contributed by atoms with Crippen LogP contribution in [0.2, 0.25) is 5.02 Å². The molecule has 1 saturated carbocycles. The summed E-state index contributed by atoms with van der Waals surface area (Å²) in [5, 5.41) is 5.18. The number of oxazole rings is 1. The van der Waals surface area contributed by atoms with Crippen LogP contribution in [-0.4, -0.2) is 47.0 Å². The molecule has 2 aliphatic rings.